The molecular formula is C29H28BrN5O4. The van der Waals surface area contributed by atoms with Gasteiger partial charge in [0.15, 0.2) is 0 Å². The molecule has 200 valence electrons. The third-order valence-corrected chi connectivity index (χ3v) is 6.12. The molecule has 0 unspecified atom stereocenters. The minimum atomic E-state index is -0.342. The van der Waals surface area contributed by atoms with Crippen LogP contribution in [0, 0.1) is 0 Å². The molecule has 2 N–H and O–H groups in total. The predicted molar refractivity (Wildman–Crippen MR) is 155 cm³/mol. The fourth-order valence-electron chi connectivity index (χ4n) is 3.74. The zero-order valence-electron chi connectivity index (χ0n) is 21.6. The minimum Gasteiger partial charge on any atom is -0.494 e. The predicted octanol–water partition coefficient (Wildman–Crippen LogP) is 5.31. The normalized spacial score (nSPS) is 11.1. The summed E-state index contributed by atoms with van der Waals surface area (Å²) in [7, 11) is 3.30. The van der Waals surface area contributed by atoms with Gasteiger partial charge in [0.05, 0.1) is 24.9 Å². The highest BCUT2D eigenvalue weighted by molar-refractivity contribution is 9.10. The summed E-state index contributed by atoms with van der Waals surface area (Å²) in [4.78, 5) is 35.3. The molecule has 0 fully saturated rings. The average molecular weight is 590 g/mol. The first kappa shape index (κ1) is 27.7. The molecule has 1 heterocycles. The number of hydrogen-bond acceptors (Lipinski definition) is 8. The number of methoxy groups -OCH3 is 1. The van der Waals surface area contributed by atoms with E-state index in [1.807, 2.05) is 54.6 Å². The van der Waals surface area contributed by atoms with Gasteiger partial charge in [-0.1, -0.05) is 58.4 Å². The van der Waals surface area contributed by atoms with Crippen LogP contribution in [-0.2, 0) is 20.9 Å². The fourth-order valence-corrected chi connectivity index (χ4v) is 4.14. The van der Waals surface area contributed by atoms with Gasteiger partial charge in [-0.3, -0.25) is 14.5 Å². The lowest BCUT2D eigenvalue weighted by molar-refractivity contribution is -0.145. The van der Waals surface area contributed by atoms with Crippen LogP contribution in [0.3, 0.4) is 0 Å². The molecule has 0 atom stereocenters. The first-order chi connectivity index (χ1) is 18.9. The number of esters is 1. The second-order valence-electron chi connectivity index (χ2n) is 8.66. The molecule has 4 rings (SSSR count). The number of likely N-dealkylation sites (N-methyl/N-ethyl adjacent to an activating group) is 1. The van der Waals surface area contributed by atoms with Gasteiger partial charge in [-0.05, 0) is 36.9 Å². The van der Waals surface area contributed by atoms with Crippen molar-refractivity contribution >= 4 is 55.9 Å². The largest absolute Gasteiger partial charge is 0.494 e. The summed E-state index contributed by atoms with van der Waals surface area (Å²) in [5.41, 5.74) is 2.91. The molecule has 0 aliphatic rings. The highest BCUT2D eigenvalue weighted by atomic mass is 79.9. The van der Waals surface area contributed by atoms with Crippen LogP contribution in [0.25, 0.3) is 10.9 Å². The number of nitrogens with one attached hydrogen (secondary N) is 2. The molecule has 1 aromatic heterocycles. The second kappa shape index (κ2) is 13.5. The average Bonchev–Trinajstić information content (AvgIpc) is 2.92. The first-order valence-electron chi connectivity index (χ1n) is 12.1. The molecule has 4 aromatic rings. The van der Waals surface area contributed by atoms with E-state index in [-0.39, 0.29) is 25.0 Å². The van der Waals surface area contributed by atoms with Crippen molar-refractivity contribution in [3.05, 3.63) is 95.2 Å². The topological polar surface area (TPSA) is 106 Å². The number of amides is 1. The third-order valence-electron chi connectivity index (χ3n) is 5.63. The van der Waals surface area contributed by atoms with Gasteiger partial charge in [0.2, 0.25) is 5.91 Å². The van der Waals surface area contributed by atoms with E-state index in [0.29, 0.717) is 34.7 Å². The van der Waals surface area contributed by atoms with Gasteiger partial charge in [-0.2, -0.15) is 0 Å². The number of carbonyl (C=O) groups excluding carboxylic acids is 2. The molecule has 0 saturated heterocycles. The lowest BCUT2D eigenvalue weighted by Crippen LogP contribution is -2.27. The van der Waals surface area contributed by atoms with Crippen molar-refractivity contribution in [1.82, 2.24) is 14.9 Å². The number of aromatic nitrogens is 2. The molecule has 0 saturated carbocycles. The lowest BCUT2D eigenvalue weighted by atomic mass is 10.2. The Bertz CT molecular complexity index is 1480. The number of nitrogens with zero attached hydrogens (tertiary/aromatic N) is 3. The standard InChI is InChI=1S/C29H28BrN5O4/c1-35(17-28(37)39-18-20-8-4-3-5-9-20)13-7-12-27(36)34-25-15-23-24(16-26(25)38-2)31-19-32-29(23)33-22-11-6-10-21(30)14-22/h3-12,14-16,19H,13,17-18H2,1-2H3,(H,34,36)(H,31,32,33). The molecule has 0 aliphatic carbocycles. The maximum absolute atomic E-state index is 12.7. The molecule has 9 nitrogen and oxygen atoms in total. The van der Waals surface area contributed by atoms with Crippen molar-refractivity contribution in [2.75, 3.05) is 37.9 Å². The Labute approximate surface area is 235 Å². The third kappa shape index (κ3) is 8.10. The van der Waals surface area contributed by atoms with Crippen LogP contribution >= 0.6 is 15.9 Å². The molecule has 0 radical (unpaired) electrons. The van der Waals surface area contributed by atoms with Crippen molar-refractivity contribution in [1.29, 1.82) is 0 Å². The van der Waals surface area contributed by atoms with E-state index in [1.165, 1.54) is 19.5 Å². The van der Waals surface area contributed by atoms with Crippen LogP contribution in [0.4, 0.5) is 17.2 Å². The van der Waals surface area contributed by atoms with E-state index in [9.17, 15) is 9.59 Å². The van der Waals surface area contributed by atoms with Gasteiger partial charge >= 0.3 is 5.97 Å². The summed E-state index contributed by atoms with van der Waals surface area (Å²) >= 11 is 3.47. The Hall–Kier alpha value is -4.28. The first-order valence-corrected chi connectivity index (χ1v) is 12.9. The maximum atomic E-state index is 12.7. The van der Waals surface area contributed by atoms with Gasteiger partial charge in [0, 0.05) is 34.2 Å². The van der Waals surface area contributed by atoms with Gasteiger partial charge in [0.25, 0.3) is 0 Å². The highest BCUT2D eigenvalue weighted by Gasteiger charge is 2.13. The molecule has 3 aromatic carbocycles. The summed E-state index contributed by atoms with van der Waals surface area (Å²) in [5, 5.41) is 6.86. The SMILES string of the molecule is COc1cc2ncnc(Nc3cccc(Br)c3)c2cc1NC(=O)C=CCN(C)CC(=O)OCc1ccccc1. The van der Waals surface area contributed by atoms with Crippen molar-refractivity contribution in [2.24, 2.45) is 0 Å². The molecule has 10 heteroatoms. The summed E-state index contributed by atoms with van der Waals surface area (Å²) in [6.45, 7) is 0.715. The van der Waals surface area contributed by atoms with Crippen molar-refractivity contribution < 1.29 is 19.1 Å². The summed E-state index contributed by atoms with van der Waals surface area (Å²) < 4.78 is 11.7. The van der Waals surface area contributed by atoms with Gasteiger partial charge in [-0.25, -0.2) is 9.97 Å². The molecule has 0 spiro atoms. The minimum absolute atomic E-state index is 0.102. The van der Waals surface area contributed by atoms with Crippen LogP contribution < -0.4 is 15.4 Å². The summed E-state index contributed by atoms with van der Waals surface area (Å²) in [5.74, 6) is 0.378. The van der Waals surface area contributed by atoms with E-state index in [1.54, 1.807) is 30.2 Å². The zero-order chi connectivity index (χ0) is 27.6. The van der Waals surface area contributed by atoms with E-state index in [0.717, 1.165) is 15.7 Å². The quantitative estimate of drug-likeness (QED) is 0.179. The Balaban J connectivity index is 1.37. The van der Waals surface area contributed by atoms with Crippen molar-refractivity contribution in [3.63, 3.8) is 0 Å². The van der Waals surface area contributed by atoms with Gasteiger partial charge in [-0.15, -0.1) is 0 Å². The summed E-state index contributed by atoms with van der Waals surface area (Å²) in [6.07, 6.45) is 4.56. The van der Waals surface area contributed by atoms with E-state index >= 15 is 0 Å². The number of hydrogen-bond donors (Lipinski definition) is 2. The number of ether oxygens (including phenoxy) is 2. The Morgan fingerprint density at radius 2 is 1.87 bits per heavy atom. The van der Waals surface area contributed by atoms with Crippen LogP contribution in [0.5, 0.6) is 5.75 Å². The molecule has 1 amide bonds. The van der Waals surface area contributed by atoms with E-state index < -0.39 is 0 Å². The van der Waals surface area contributed by atoms with Crippen LogP contribution in [0.1, 0.15) is 5.56 Å². The maximum Gasteiger partial charge on any atom is 0.320 e. The van der Waals surface area contributed by atoms with Crippen molar-refractivity contribution in [3.8, 4) is 5.75 Å². The Morgan fingerprint density at radius 1 is 1.05 bits per heavy atom. The highest BCUT2D eigenvalue weighted by Crippen LogP contribution is 2.33. The monoisotopic (exact) mass is 589 g/mol. The number of carbonyl (C=O) groups is 2. The smallest absolute Gasteiger partial charge is 0.320 e. The number of fused-ring (bicyclic) bond motifs is 1. The van der Waals surface area contributed by atoms with Crippen molar-refractivity contribution in [2.45, 2.75) is 6.61 Å². The van der Waals surface area contributed by atoms with Gasteiger partial charge < -0.3 is 20.1 Å². The number of anilines is 3. The van der Waals surface area contributed by atoms with Crippen LogP contribution in [0.2, 0.25) is 0 Å². The van der Waals surface area contributed by atoms with E-state index in [2.05, 4.69) is 36.5 Å². The fraction of sp³-hybridized carbons (Fsp3) is 0.172. The Kier molecular flexibility index (Phi) is 9.60. The molecular weight excluding hydrogens is 562 g/mol. The lowest BCUT2D eigenvalue weighted by Gasteiger charge is -2.14. The molecule has 39 heavy (non-hydrogen) atoms. The number of benzene rings is 3. The second-order valence-corrected chi connectivity index (χ2v) is 9.58. The zero-order valence-corrected chi connectivity index (χ0v) is 23.1. The van der Waals surface area contributed by atoms with Crippen LogP contribution in [0.15, 0.2) is 89.7 Å². The number of halogens is 1. The van der Waals surface area contributed by atoms with Gasteiger partial charge in [0.1, 0.15) is 24.5 Å². The Morgan fingerprint density at radius 3 is 2.64 bits per heavy atom. The molecule has 0 aliphatic heterocycles. The van der Waals surface area contributed by atoms with Crippen LogP contribution in [-0.4, -0.2) is 54.0 Å². The molecule has 0 bridgehead atoms. The number of rotatable bonds is 11. The summed E-state index contributed by atoms with van der Waals surface area (Å²) in [6, 6.07) is 20.7. The van der Waals surface area contributed by atoms with E-state index in [4.69, 9.17) is 9.47 Å².